The topological polar surface area (TPSA) is 63.2 Å². The lowest BCUT2D eigenvalue weighted by Crippen LogP contribution is -2.34. The molecule has 1 aliphatic carbocycles. The second-order valence-corrected chi connectivity index (χ2v) is 6.17. The third-order valence-electron chi connectivity index (χ3n) is 4.24. The van der Waals surface area contributed by atoms with Crippen molar-refractivity contribution >= 4 is 11.6 Å². The number of nitrogens with zero attached hydrogens (tertiary/aromatic N) is 1. The lowest BCUT2D eigenvalue weighted by Gasteiger charge is -2.17. The van der Waals surface area contributed by atoms with Gasteiger partial charge in [-0.25, -0.2) is 0 Å². The van der Waals surface area contributed by atoms with E-state index in [2.05, 4.69) is 15.6 Å². The Morgan fingerprint density at radius 2 is 2.08 bits per heavy atom. The summed E-state index contributed by atoms with van der Waals surface area (Å²) in [6.45, 7) is 1.56. The van der Waals surface area contributed by atoms with E-state index in [1.807, 2.05) is 24.3 Å². The summed E-state index contributed by atoms with van der Waals surface area (Å²) in [4.78, 5) is 16.0. The van der Waals surface area contributed by atoms with Gasteiger partial charge in [-0.15, -0.1) is 0 Å². The highest BCUT2D eigenvalue weighted by atomic mass is 16.5. The highest BCUT2D eigenvalue weighted by Crippen LogP contribution is 2.32. The van der Waals surface area contributed by atoms with Crippen LogP contribution in [-0.4, -0.2) is 30.6 Å². The van der Waals surface area contributed by atoms with Crippen molar-refractivity contribution in [3.05, 3.63) is 59.9 Å². The molecule has 1 fully saturated rings. The Hall–Kier alpha value is -2.24. The third-order valence-corrected chi connectivity index (χ3v) is 4.24. The summed E-state index contributed by atoms with van der Waals surface area (Å²) in [5, 5.41) is 6.44. The molecule has 2 N–H and O–H groups in total. The molecule has 5 nitrogen and oxygen atoms in total. The Bertz CT molecular complexity index is 654. The van der Waals surface area contributed by atoms with Crippen LogP contribution >= 0.6 is 0 Å². The molecule has 1 saturated carbocycles. The van der Waals surface area contributed by atoms with Crippen LogP contribution in [0.4, 0.5) is 5.69 Å². The molecule has 1 heterocycles. The predicted molar refractivity (Wildman–Crippen MR) is 93.9 cm³/mol. The zero-order valence-corrected chi connectivity index (χ0v) is 13.9. The van der Waals surface area contributed by atoms with Gasteiger partial charge in [0.15, 0.2) is 0 Å². The van der Waals surface area contributed by atoms with Crippen molar-refractivity contribution in [3.8, 4) is 0 Å². The summed E-state index contributed by atoms with van der Waals surface area (Å²) in [5.41, 5.74) is 2.52. The maximum Gasteiger partial charge on any atom is 0.257 e. The number of rotatable bonds is 8. The van der Waals surface area contributed by atoms with E-state index in [1.165, 1.54) is 18.4 Å². The smallest absolute Gasteiger partial charge is 0.257 e. The number of hydrogen-bond donors (Lipinski definition) is 2. The Morgan fingerprint density at radius 3 is 2.71 bits per heavy atom. The molecular weight excluding hydrogens is 302 g/mol. The molecule has 0 aliphatic heterocycles. The van der Waals surface area contributed by atoms with E-state index in [4.69, 9.17) is 4.74 Å². The summed E-state index contributed by atoms with van der Waals surface area (Å²) in [6.07, 6.45) is 5.79. The van der Waals surface area contributed by atoms with Gasteiger partial charge >= 0.3 is 0 Å². The number of benzene rings is 1. The Kier molecular flexibility index (Phi) is 5.56. The van der Waals surface area contributed by atoms with E-state index in [1.54, 1.807) is 31.6 Å². The fraction of sp³-hybridized carbons (Fsp3) is 0.368. The molecule has 1 aliphatic rings. The molecule has 5 heteroatoms. The zero-order chi connectivity index (χ0) is 16.8. The van der Waals surface area contributed by atoms with Gasteiger partial charge in [0, 0.05) is 37.8 Å². The van der Waals surface area contributed by atoms with Crippen molar-refractivity contribution in [2.45, 2.75) is 25.4 Å². The number of pyridine rings is 1. The summed E-state index contributed by atoms with van der Waals surface area (Å²) in [6, 6.07) is 11.8. The molecule has 1 atom stereocenters. The quantitative estimate of drug-likeness (QED) is 0.783. The second-order valence-electron chi connectivity index (χ2n) is 6.17. The number of methoxy groups -OCH3 is 1. The van der Waals surface area contributed by atoms with Crippen LogP contribution in [-0.2, 0) is 11.3 Å². The van der Waals surface area contributed by atoms with E-state index in [9.17, 15) is 4.79 Å². The predicted octanol–water partition coefficient (Wildman–Crippen LogP) is 2.85. The van der Waals surface area contributed by atoms with Crippen LogP contribution in [0.2, 0.25) is 0 Å². The number of anilines is 1. The van der Waals surface area contributed by atoms with Gasteiger partial charge in [0.1, 0.15) is 0 Å². The molecule has 0 bridgehead atoms. The van der Waals surface area contributed by atoms with Crippen molar-refractivity contribution < 1.29 is 9.53 Å². The molecule has 1 unspecified atom stereocenters. The van der Waals surface area contributed by atoms with Gasteiger partial charge in [0.05, 0.1) is 12.2 Å². The maximum absolute atomic E-state index is 12.1. The fourth-order valence-electron chi connectivity index (χ4n) is 2.70. The number of amides is 1. The Morgan fingerprint density at radius 1 is 1.29 bits per heavy atom. The average molecular weight is 325 g/mol. The summed E-state index contributed by atoms with van der Waals surface area (Å²) in [7, 11) is 1.75. The van der Waals surface area contributed by atoms with Crippen molar-refractivity contribution in [1.82, 2.24) is 10.3 Å². The molecule has 24 heavy (non-hydrogen) atoms. The minimum Gasteiger partial charge on any atom is -0.383 e. The van der Waals surface area contributed by atoms with Crippen molar-refractivity contribution in [1.29, 1.82) is 0 Å². The van der Waals surface area contributed by atoms with Crippen LogP contribution in [0, 0.1) is 5.92 Å². The minimum atomic E-state index is -0.150. The first-order chi connectivity index (χ1) is 11.8. The Balaban J connectivity index is 1.52. The lowest BCUT2D eigenvalue weighted by molar-refractivity contribution is 0.102. The number of aromatic nitrogens is 1. The largest absolute Gasteiger partial charge is 0.383 e. The van der Waals surface area contributed by atoms with Gasteiger partial charge in [-0.2, -0.15) is 0 Å². The molecule has 3 rings (SSSR count). The molecule has 1 amide bonds. The first-order valence-electron chi connectivity index (χ1n) is 8.29. The van der Waals surface area contributed by atoms with E-state index in [-0.39, 0.29) is 5.91 Å². The van der Waals surface area contributed by atoms with Crippen molar-refractivity contribution in [2.75, 3.05) is 19.0 Å². The molecular formula is C19H23N3O2. The standard InChI is InChI=1S/C19H23N3O2/c1-24-13-18(15-6-7-15)21-11-14-4-8-17(9-5-14)22-19(23)16-3-2-10-20-12-16/h2-5,8-10,12,15,18,21H,6-7,11,13H2,1H3,(H,22,23). The maximum atomic E-state index is 12.1. The molecule has 1 aromatic carbocycles. The molecule has 0 saturated heterocycles. The van der Waals surface area contributed by atoms with Crippen LogP contribution in [0.25, 0.3) is 0 Å². The van der Waals surface area contributed by atoms with Crippen LogP contribution < -0.4 is 10.6 Å². The highest BCUT2D eigenvalue weighted by Gasteiger charge is 2.30. The molecule has 1 aromatic heterocycles. The monoisotopic (exact) mass is 325 g/mol. The van der Waals surface area contributed by atoms with Crippen molar-refractivity contribution in [2.24, 2.45) is 5.92 Å². The number of ether oxygens (including phenoxy) is 1. The minimum absolute atomic E-state index is 0.150. The van der Waals surface area contributed by atoms with Crippen LogP contribution in [0.1, 0.15) is 28.8 Å². The highest BCUT2D eigenvalue weighted by molar-refractivity contribution is 6.03. The van der Waals surface area contributed by atoms with E-state index in [0.717, 1.165) is 24.8 Å². The van der Waals surface area contributed by atoms with E-state index in [0.29, 0.717) is 11.6 Å². The molecule has 126 valence electrons. The van der Waals surface area contributed by atoms with Gasteiger partial charge < -0.3 is 15.4 Å². The third kappa shape index (κ3) is 4.63. The van der Waals surface area contributed by atoms with Crippen molar-refractivity contribution in [3.63, 3.8) is 0 Å². The van der Waals surface area contributed by atoms with Crippen LogP contribution in [0.5, 0.6) is 0 Å². The average Bonchev–Trinajstić information content (AvgIpc) is 3.45. The van der Waals surface area contributed by atoms with Gasteiger partial charge in [-0.1, -0.05) is 12.1 Å². The number of carbonyl (C=O) groups excluding carboxylic acids is 1. The van der Waals surface area contributed by atoms with Gasteiger partial charge in [0.25, 0.3) is 5.91 Å². The first-order valence-corrected chi connectivity index (χ1v) is 8.29. The van der Waals surface area contributed by atoms with Gasteiger partial charge in [0.2, 0.25) is 0 Å². The normalized spacial score (nSPS) is 15.0. The lowest BCUT2D eigenvalue weighted by atomic mass is 10.1. The van der Waals surface area contributed by atoms with E-state index >= 15 is 0 Å². The summed E-state index contributed by atoms with van der Waals surface area (Å²) in [5.74, 6) is 0.603. The number of carbonyl (C=O) groups is 1. The van der Waals surface area contributed by atoms with Gasteiger partial charge in [-0.3, -0.25) is 9.78 Å². The zero-order valence-electron chi connectivity index (χ0n) is 13.9. The summed E-state index contributed by atoms with van der Waals surface area (Å²) >= 11 is 0. The second kappa shape index (κ2) is 8.04. The first kappa shape index (κ1) is 16.6. The molecule has 0 spiro atoms. The van der Waals surface area contributed by atoms with Gasteiger partial charge in [-0.05, 0) is 48.6 Å². The summed E-state index contributed by atoms with van der Waals surface area (Å²) < 4.78 is 5.28. The molecule has 0 radical (unpaired) electrons. The van der Waals surface area contributed by atoms with Crippen LogP contribution in [0.15, 0.2) is 48.8 Å². The van der Waals surface area contributed by atoms with E-state index < -0.39 is 0 Å². The number of hydrogen-bond acceptors (Lipinski definition) is 4. The molecule has 2 aromatic rings. The SMILES string of the molecule is COCC(NCc1ccc(NC(=O)c2cccnc2)cc1)C1CC1. The van der Waals surface area contributed by atoms with Crippen LogP contribution in [0.3, 0.4) is 0 Å². The Labute approximate surface area is 142 Å². The fourth-order valence-corrected chi connectivity index (χ4v) is 2.70. The number of nitrogens with one attached hydrogen (secondary N) is 2.